The molecule has 3 atom stereocenters. The monoisotopic (exact) mass is 398 g/mol. The van der Waals surface area contributed by atoms with Crippen molar-refractivity contribution in [1.29, 1.82) is 0 Å². The minimum absolute atomic E-state index is 0.0273. The topological polar surface area (TPSA) is 163 Å². The number of hydrogen-bond acceptors (Lipinski definition) is 10. The van der Waals surface area contributed by atoms with Crippen LogP contribution < -0.4 is 4.74 Å². The van der Waals surface area contributed by atoms with Crippen molar-refractivity contribution < 1.29 is 47.1 Å². The summed E-state index contributed by atoms with van der Waals surface area (Å²) in [6, 6.07) is 5.45. The Hall–Kier alpha value is -2.73. The van der Waals surface area contributed by atoms with Gasteiger partial charge in [0.1, 0.15) is 17.2 Å². The second-order valence-corrected chi connectivity index (χ2v) is 7.56. The van der Waals surface area contributed by atoms with Crippen molar-refractivity contribution >= 4 is 10.4 Å². The van der Waals surface area contributed by atoms with Crippen LogP contribution in [0.2, 0.25) is 0 Å². The van der Waals surface area contributed by atoms with Gasteiger partial charge in [0.25, 0.3) is 5.79 Å². The van der Waals surface area contributed by atoms with E-state index in [1.807, 2.05) is 0 Å². The minimum atomic E-state index is -4.67. The Morgan fingerprint density at radius 1 is 1.00 bits per heavy atom. The van der Waals surface area contributed by atoms with Crippen molar-refractivity contribution in [1.82, 2.24) is 0 Å². The van der Waals surface area contributed by atoms with Gasteiger partial charge in [-0.25, -0.2) is 8.37 Å². The molecule has 10 nitrogen and oxygen atoms in total. The molecule has 2 aromatic carbocycles. The Morgan fingerprint density at radius 2 is 1.70 bits per heavy atom. The summed E-state index contributed by atoms with van der Waals surface area (Å²) in [4.78, 5) is 0. The van der Waals surface area contributed by atoms with Gasteiger partial charge in [0.05, 0.1) is 5.56 Å². The molecule has 2 aromatic rings. The van der Waals surface area contributed by atoms with Crippen LogP contribution in [0.25, 0.3) is 0 Å². The lowest BCUT2D eigenvalue weighted by atomic mass is 9.78. The first kappa shape index (κ1) is 17.7. The number of fused-ring (bicyclic) bond motifs is 3. The average molecular weight is 398 g/mol. The maximum absolute atomic E-state index is 11.9. The van der Waals surface area contributed by atoms with E-state index in [9.17, 15) is 34.0 Å². The summed E-state index contributed by atoms with van der Waals surface area (Å²) in [6.45, 7) is 1.26. The van der Waals surface area contributed by atoms with Crippen LogP contribution in [0.1, 0.15) is 24.2 Å². The molecule has 2 heterocycles. The molecule has 0 aliphatic carbocycles. The predicted octanol–water partition coefficient (Wildman–Crippen LogP) is 0.838. The Kier molecular flexibility index (Phi) is 3.38. The first-order valence-electron chi connectivity index (χ1n) is 7.60. The van der Waals surface area contributed by atoms with E-state index in [-0.39, 0.29) is 22.6 Å². The summed E-state index contributed by atoms with van der Waals surface area (Å²) in [5.74, 6) is -4.80. The van der Waals surface area contributed by atoms with Crippen molar-refractivity contribution in [3.05, 3.63) is 41.5 Å². The van der Waals surface area contributed by atoms with Gasteiger partial charge in [-0.15, -0.1) is 0 Å². The molecular formula is C16H14O10S. The van der Waals surface area contributed by atoms with Crippen LogP contribution >= 0.6 is 0 Å². The fraction of sp³-hybridized carbons (Fsp3) is 0.250. The zero-order valence-electron chi connectivity index (χ0n) is 13.6. The molecule has 2 aliphatic rings. The van der Waals surface area contributed by atoms with Gasteiger partial charge >= 0.3 is 10.4 Å². The normalized spacial score (nSPS) is 31.0. The van der Waals surface area contributed by atoms with Crippen molar-refractivity contribution in [3.8, 4) is 28.7 Å². The summed E-state index contributed by atoms with van der Waals surface area (Å²) in [5, 5.41) is 50.3. The van der Waals surface area contributed by atoms with Crippen LogP contribution in [-0.4, -0.2) is 39.7 Å². The van der Waals surface area contributed by atoms with Gasteiger partial charge in [-0.1, -0.05) is 6.07 Å². The molecule has 2 unspecified atom stereocenters. The number of phenols is 4. The van der Waals surface area contributed by atoms with E-state index < -0.39 is 45.1 Å². The standard InChI is InChI=1S/C16H14O10S/c1-15(7-2-3-9(18)10(19)4-7)16(21)14(25-27(22,23)26-16)13-11(20)5-8(17)6-12(13)24-15/h2-6,14,17-21H,1H3/t14?,15?,16-/m1/s1. The molecule has 27 heavy (non-hydrogen) atoms. The molecule has 0 saturated carbocycles. The number of phenolic OH excluding ortho intramolecular Hbond substituents is 4. The van der Waals surface area contributed by atoms with Crippen LogP contribution in [0.15, 0.2) is 30.3 Å². The van der Waals surface area contributed by atoms with Crippen molar-refractivity contribution in [2.45, 2.75) is 24.4 Å². The molecule has 0 radical (unpaired) electrons. The van der Waals surface area contributed by atoms with Gasteiger partial charge in [0.2, 0.25) is 0 Å². The van der Waals surface area contributed by atoms with Gasteiger partial charge in [-0.3, -0.25) is 0 Å². The average Bonchev–Trinajstić information content (AvgIpc) is 2.80. The highest BCUT2D eigenvalue weighted by atomic mass is 32.3. The highest BCUT2D eigenvalue weighted by Gasteiger charge is 2.69. The molecule has 0 amide bonds. The number of aromatic hydroxyl groups is 4. The second-order valence-electron chi connectivity index (χ2n) is 6.38. The minimum Gasteiger partial charge on any atom is -0.508 e. The third-order valence-corrected chi connectivity index (χ3v) is 5.58. The molecule has 0 aromatic heterocycles. The van der Waals surface area contributed by atoms with Crippen molar-refractivity contribution in [3.63, 3.8) is 0 Å². The smallest absolute Gasteiger partial charge is 0.403 e. The number of hydrogen-bond donors (Lipinski definition) is 5. The Labute approximate surface area is 152 Å². The van der Waals surface area contributed by atoms with Gasteiger partial charge in [-0.2, -0.15) is 8.42 Å². The van der Waals surface area contributed by atoms with E-state index in [4.69, 9.17) is 13.1 Å². The zero-order chi connectivity index (χ0) is 19.8. The summed E-state index contributed by atoms with van der Waals surface area (Å²) in [7, 11) is -4.67. The molecule has 11 heteroatoms. The van der Waals surface area contributed by atoms with Crippen molar-refractivity contribution in [2.75, 3.05) is 0 Å². The first-order chi connectivity index (χ1) is 12.5. The van der Waals surface area contributed by atoms with Gasteiger partial charge in [-0.05, 0) is 19.1 Å². The Bertz CT molecular complexity index is 1070. The van der Waals surface area contributed by atoms with Crippen LogP contribution in [0.3, 0.4) is 0 Å². The lowest BCUT2D eigenvalue weighted by Gasteiger charge is -2.46. The molecule has 144 valence electrons. The number of rotatable bonds is 1. The largest absolute Gasteiger partial charge is 0.508 e. The maximum Gasteiger partial charge on any atom is 0.403 e. The lowest BCUT2D eigenvalue weighted by Crippen LogP contribution is -2.58. The Balaban J connectivity index is 2.01. The summed E-state index contributed by atoms with van der Waals surface area (Å²) in [5.41, 5.74) is -2.20. The molecule has 1 fully saturated rings. The van der Waals surface area contributed by atoms with Crippen LogP contribution in [0, 0.1) is 0 Å². The first-order valence-corrected chi connectivity index (χ1v) is 8.94. The van der Waals surface area contributed by atoms with Crippen LogP contribution in [-0.2, 0) is 24.4 Å². The quantitative estimate of drug-likeness (QED) is 0.435. The molecule has 2 aliphatic heterocycles. The van der Waals surface area contributed by atoms with E-state index in [0.717, 1.165) is 24.3 Å². The van der Waals surface area contributed by atoms with Crippen LogP contribution in [0.5, 0.6) is 28.7 Å². The molecule has 1 saturated heterocycles. The number of aliphatic hydroxyl groups is 1. The highest BCUT2D eigenvalue weighted by Crippen LogP contribution is 2.60. The third-order valence-electron chi connectivity index (χ3n) is 4.69. The second kappa shape index (κ2) is 5.16. The third kappa shape index (κ3) is 2.33. The zero-order valence-corrected chi connectivity index (χ0v) is 14.5. The summed E-state index contributed by atoms with van der Waals surface area (Å²) < 4.78 is 39.3. The highest BCUT2D eigenvalue weighted by molar-refractivity contribution is 7.82. The molecule has 4 rings (SSSR count). The molecule has 0 bridgehead atoms. The molecule has 5 N–H and O–H groups in total. The van der Waals surface area contributed by atoms with E-state index in [0.29, 0.717) is 0 Å². The van der Waals surface area contributed by atoms with Gasteiger partial charge < -0.3 is 30.3 Å². The van der Waals surface area contributed by atoms with E-state index in [1.54, 1.807) is 0 Å². The molecular weight excluding hydrogens is 384 g/mol. The van der Waals surface area contributed by atoms with E-state index in [2.05, 4.69) is 0 Å². The van der Waals surface area contributed by atoms with E-state index >= 15 is 0 Å². The van der Waals surface area contributed by atoms with Crippen LogP contribution in [0.4, 0.5) is 0 Å². The van der Waals surface area contributed by atoms with E-state index in [1.165, 1.54) is 13.0 Å². The SMILES string of the molecule is CC1(c2ccc(O)c(O)c2)Oc2cc(O)cc(O)c2C2OS(=O)(=O)O[C@]21O. The number of benzene rings is 2. The summed E-state index contributed by atoms with van der Waals surface area (Å²) in [6.07, 6.45) is -1.73. The summed E-state index contributed by atoms with van der Waals surface area (Å²) >= 11 is 0. The van der Waals surface area contributed by atoms with Crippen molar-refractivity contribution in [2.24, 2.45) is 0 Å². The van der Waals surface area contributed by atoms with Gasteiger partial charge in [0.15, 0.2) is 23.2 Å². The number of ether oxygens (including phenoxy) is 1. The fourth-order valence-electron chi connectivity index (χ4n) is 3.30. The lowest BCUT2D eigenvalue weighted by molar-refractivity contribution is -0.271. The maximum atomic E-state index is 11.9. The predicted molar refractivity (Wildman–Crippen MR) is 86.3 cm³/mol. The fourth-order valence-corrected chi connectivity index (χ4v) is 4.36. The van der Waals surface area contributed by atoms with Gasteiger partial charge in [0, 0.05) is 17.7 Å². The Morgan fingerprint density at radius 3 is 2.37 bits per heavy atom. The molecule has 0 spiro atoms.